The first-order chi connectivity index (χ1) is 9.04. The minimum Gasteiger partial charge on any atom is -0.328 e. The fourth-order valence-electron chi connectivity index (χ4n) is 2.85. The number of amides is 2. The van der Waals surface area contributed by atoms with Gasteiger partial charge < -0.3 is 14.8 Å². The highest BCUT2D eigenvalue weighted by atomic mass is 16.2. The molecule has 2 amide bonds. The van der Waals surface area contributed by atoms with Crippen molar-refractivity contribution in [2.45, 2.75) is 58.2 Å². The number of aryl methyl sites for hydroxylation is 1. The second-order valence-corrected chi connectivity index (χ2v) is 5.37. The molecule has 0 unspecified atom stereocenters. The Bertz CT molecular complexity index is 444. The third kappa shape index (κ3) is 2.72. The van der Waals surface area contributed by atoms with E-state index in [1.54, 1.807) is 6.33 Å². The first-order valence-corrected chi connectivity index (χ1v) is 6.97. The maximum Gasteiger partial charge on any atom is 0.318 e. The normalized spacial score (nSPS) is 24.5. The summed E-state index contributed by atoms with van der Waals surface area (Å²) in [4.78, 5) is 14.4. The Kier molecular flexibility index (Phi) is 4.07. The fourth-order valence-corrected chi connectivity index (χ4v) is 2.85. The van der Waals surface area contributed by atoms with Crippen molar-refractivity contribution in [2.75, 3.05) is 0 Å². The molecule has 0 saturated carbocycles. The quantitative estimate of drug-likeness (QED) is 0.907. The van der Waals surface area contributed by atoms with Crippen LogP contribution in [-0.4, -0.2) is 37.8 Å². The Morgan fingerprint density at radius 3 is 2.89 bits per heavy atom. The third-order valence-corrected chi connectivity index (χ3v) is 3.97. The summed E-state index contributed by atoms with van der Waals surface area (Å²) >= 11 is 0. The van der Waals surface area contributed by atoms with Crippen molar-refractivity contribution in [3.8, 4) is 0 Å². The summed E-state index contributed by atoms with van der Waals surface area (Å²) in [5.41, 5.74) is 0. The number of rotatable bonds is 3. The van der Waals surface area contributed by atoms with Crippen molar-refractivity contribution in [3.05, 3.63) is 12.2 Å². The lowest BCUT2D eigenvalue weighted by Gasteiger charge is -2.29. The first-order valence-electron chi connectivity index (χ1n) is 6.97. The Morgan fingerprint density at radius 2 is 2.32 bits per heavy atom. The molecule has 1 N–H and O–H groups in total. The van der Waals surface area contributed by atoms with Crippen molar-refractivity contribution >= 4 is 6.03 Å². The van der Waals surface area contributed by atoms with Crippen LogP contribution in [0.2, 0.25) is 0 Å². The van der Waals surface area contributed by atoms with E-state index in [2.05, 4.69) is 29.4 Å². The number of hydrogen-bond acceptors (Lipinski definition) is 3. The van der Waals surface area contributed by atoms with Crippen LogP contribution in [0.25, 0.3) is 0 Å². The number of hydrogen-bond donors (Lipinski definition) is 1. The molecule has 1 fully saturated rings. The highest BCUT2D eigenvalue weighted by Crippen LogP contribution is 2.26. The number of nitrogens with zero attached hydrogens (tertiary/aromatic N) is 4. The Hall–Kier alpha value is -1.59. The molecule has 2 rings (SSSR count). The zero-order valence-electron chi connectivity index (χ0n) is 12.1. The Balaban J connectivity index is 2.02. The van der Waals surface area contributed by atoms with Gasteiger partial charge in [0.15, 0.2) is 5.82 Å². The molecule has 0 aromatic carbocycles. The van der Waals surface area contributed by atoms with Gasteiger partial charge in [-0.05, 0) is 33.1 Å². The predicted molar refractivity (Wildman–Crippen MR) is 72.6 cm³/mol. The average molecular weight is 265 g/mol. The lowest BCUT2D eigenvalue weighted by atomic mass is 10.2. The van der Waals surface area contributed by atoms with Crippen LogP contribution in [-0.2, 0) is 7.05 Å². The van der Waals surface area contributed by atoms with Gasteiger partial charge in [-0.2, -0.15) is 0 Å². The molecule has 1 aliphatic rings. The lowest BCUT2D eigenvalue weighted by molar-refractivity contribution is 0.171. The standard InChI is InChI=1S/C13H23N5O/c1-5-11-7-6-9(2)18(11)13(19)15-10(3)12-16-14-8-17(12)4/h8-11H,5-7H2,1-4H3,(H,15,19)/t9-,10+,11+/m0/s1. The van der Waals surface area contributed by atoms with Crippen LogP contribution < -0.4 is 5.32 Å². The lowest BCUT2D eigenvalue weighted by Crippen LogP contribution is -2.46. The maximum absolute atomic E-state index is 12.4. The van der Waals surface area contributed by atoms with Crippen LogP contribution in [0.3, 0.4) is 0 Å². The van der Waals surface area contributed by atoms with Crippen LogP contribution in [0.5, 0.6) is 0 Å². The van der Waals surface area contributed by atoms with Gasteiger partial charge in [-0.1, -0.05) is 6.92 Å². The Morgan fingerprint density at radius 1 is 1.58 bits per heavy atom. The summed E-state index contributed by atoms with van der Waals surface area (Å²) in [7, 11) is 1.88. The van der Waals surface area contributed by atoms with E-state index in [4.69, 9.17) is 0 Å². The van der Waals surface area contributed by atoms with Crippen LogP contribution in [0, 0.1) is 0 Å². The summed E-state index contributed by atoms with van der Waals surface area (Å²) in [5.74, 6) is 0.772. The van der Waals surface area contributed by atoms with Crippen molar-refractivity contribution in [1.29, 1.82) is 0 Å². The number of urea groups is 1. The molecule has 0 spiro atoms. The zero-order valence-corrected chi connectivity index (χ0v) is 12.1. The summed E-state index contributed by atoms with van der Waals surface area (Å²) in [6.45, 7) is 6.18. The summed E-state index contributed by atoms with van der Waals surface area (Å²) in [6, 6.07) is 0.552. The number of nitrogens with one attached hydrogen (secondary N) is 1. The van der Waals surface area contributed by atoms with Gasteiger partial charge in [-0.25, -0.2) is 4.79 Å². The van der Waals surface area contributed by atoms with E-state index in [9.17, 15) is 4.79 Å². The highest BCUT2D eigenvalue weighted by molar-refractivity contribution is 5.75. The van der Waals surface area contributed by atoms with Crippen molar-refractivity contribution in [1.82, 2.24) is 25.0 Å². The molecule has 0 radical (unpaired) electrons. The first kappa shape index (κ1) is 13.8. The minimum absolute atomic E-state index is 0.00681. The molecule has 6 heteroatoms. The molecule has 1 aromatic rings. The van der Waals surface area contributed by atoms with Crippen molar-refractivity contribution < 1.29 is 4.79 Å². The van der Waals surface area contributed by atoms with Crippen LogP contribution in [0.1, 0.15) is 51.9 Å². The van der Waals surface area contributed by atoms with Gasteiger partial charge in [0.25, 0.3) is 0 Å². The third-order valence-electron chi connectivity index (χ3n) is 3.97. The monoisotopic (exact) mass is 265 g/mol. The number of carbonyl (C=O) groups is 1. The largest absolute Gasteiger partial charge is 0.328 e. The van der Waals surface area contributed by atoms with Gasteiger partial charge in [0, 0.05) is 19.1 Å². The SMILES string of the molecule is CC[C@@H]1CC[C@H](C)N1C(=O)N[C@H](C)c1nncn1C. The zero-order chi connectivity index (χ0) is 14.0. The minimum atomic E-state index is -0.134. The van der Waals surface area contributed by atoms with E-state index in [0.29, 0.717) is 12.1 Å². The van der Waals surface area contributed by atoms with Crippen LogP contribution >= 0.6 is 0 Å². The van der Waals surface area contributed by atoms with Gasteiger partial charge in [-0.3, -0.25) is 0 Å². The molecule has 6 nitrogen and oxygen atoms in total. The summed E-state index contributed by atoms with van der Waals surface area (Å²) in [6.07, 6.45) is 4.84. The van der Waals surface area contributed by atoms with E-state index in [0.717, 1.165) is 25.1 Å². The number of aromatic nitrogens is 3. The van der Waals surface area contributed by atoms with Crippen LogP contribution in [0.4, 0.5) is 4.79 Å². The molecule has 106 valence electrons. The molecular formula is C13H23N5O. The van der Waals surface area contributed by atoms with E-state index >= 15 is 0 Å². The number of likely N-dealkylation sites (tertiary alicyclic amines) is 1. The van der Waals surface area contributed by atoms with Gasteiger partial charge in [-0.15, -0.1) is 10.2 Å². The topological polar surface area (TPSA) is 63.1 Å². The van der Waals surface area contributed by atoms with E-state index in [1.807, 2.05) is 23.4 Å². The second-order valence-electron chi connectivity index (χ2n) is 5.37. The Labute approximate surface area is 114 Å². The smallest absolute Gasteiger partial charge is 0.318 e. The van der Waals surface area contributed by atoms with Gasteiger partial charge in [0.1, 0.15) is 6.33 Å². The van der Waals surface area contributed by atoms with Gasteiger partial charge in [0.2, 0.25) is 0 Å². The molecule has 2 heterocycles. The average Bonchev–Trinajstić information content (AvgIpc) is 2.94. The molecular weight excluding hydrogens is 242 g/mol. The van der Waals surface area contributed by atoms with E-state index < -0.39 is 0 Å². The molecule has 1 aliphatic heterocycles. The van der Waals surface area contributed by atoms with Gasteiger partial charge >= 0.3 is 6.03 Å². The van der Waals surface area contributed by atoms with Crippen molar-refractivity contribution in [2.24, 2.45) is 7.05 Å². The van der Waals surface area contributed by atoms with E-state index in [1.165, 1.54) is 0 Å². The molecule has 0 bridgehead atoms. The highest BCUT2D eigenvalue weighted by Gasteiger charge is 2.33. The van der Waals surface area contributed by atoms with E-state index in [-0.39, 0.29) is 12.1 Å². The fraction of sp³-hybridized carbons (Fsp3) is 0.769. The second kappa shape index (κ2) is 5.59. The van der Waals surface area contributed by atoms with Crippen LogP contribution in [0.15, 0.2) is 6.33 Å². The summed E-state index contributed by atoms with van der Waals surface area (Å²) in [5, 5.41) is 10.9. The van der Waals surface area contributed by atoms with Crippen molar-refractivity contribution in [3.63, 3.8) is 0 Å². The molecule has 3 atom stereocenters. The summed E-state index contributed by atoms with van der Waals surface area (Å²) < 4.78 is 1.83. The molecule has 19 heavy (non-hydrogen) atoms. The number of carbonyl (C=O) groups excluding carboxylic acids is 1. The van der Waals surface area contributed by atoms with Gasteiger partial charge in [0.05, 0.1) is 6.04 Å². The maximum atomic E-state index is 12.4. The molecule has 0 aliphatic carbocycles. The molecule has 1 saturated heterocycles. The predicted octanol–water partition coefficient (Wildman–Crippen LogP) is 1.85. The molecule has 1 aromatic heterocycles.